The molecule has 1 atom stereocenters. The lowest BCUT2D eigenvalue weighted by atomic mass is 10.1. The number of nitrogens with two attached hydrogens (primary N) is 1. The van der Waals surface area contributed by atoms with Crippen LogP contribution in [0.15, 0.2) is 24.3 Å². The average molecular weight is 299 g/mol. The van der Waals surface area contributed by atoms with Gasteiger partial charge in [0.25, 0.3) is 0 Å². The average Bonchev–Trinajstić information content (AvgIpc) is 2.74. The Morgan fingerprint density at radius 3 is 2.67 bits per heavy atom. The molecule has 0 spiro atoms. The molecule has 1 unspecified atom stereocenters. The molecule has 1 aromatic carbocycles. The maximum atomic E-state index is 12.2. The van der Waals surface area contributed by atoms with E-state index in [4.69, 9.17) is 5.73 Å². The number of nitrogens with zero attached hydrogens (tertiary/aromatic N) is 2. The van der Waals surface area contributed by atoms with Gasteiger partial charge in [-0.3, -0.25) is 0 Å². The Morgan fingerprint density at radius 1 is 1.29 bits per heavy atom. The van der Waals surface area contributed by atoms with Crippen LogP contribution in [0.25, 0.3) is 11.0 Å². The van der Waals surface area contributed by atoms with Crippen molar-refractivity contribution < 1.29 is 13.2 Å². The second kappa shape index (κ2) is 6.47. The molecule has 0 radical (unpaired) electrons. The van der Waals surface area contributed by atoms with Crippen LogP contribution in [0.3, 0.4) is 0 Å². The predicted molar refractivity (Wildman–Crippen MR) is 77.0 cm³/mol. The van der Waals surface area contributed by atoms with E-state index in [0.29, 0.717) is 6.42 Å². The number of hydrogen-bond donors (Lipinski definition) is 1. The number of alkyl halides is 3. The summed E-state index contributed by atoms with van der Waals surface area (Å²) in [5.41, 5.74) is 7.72. The lowest BCUT2D eigenvalue weighted by Crippen LogP contribution is -2.27. The predicted octanol–water partition coefficient (Wildman–Crippen LogP) is 3.66. The van der Waals surface area contributed by atoms with Gasteiger partial charge < -0.3 is 10.3 Å². The number of hydrogen-bond acceptors (Lipinski definition) is 2. The maximum Gasteiger partial charge on any atom is 0.389 e. The number of imidazole rings is 1. The van der Waals surface area contributed by atoms with Crippen molar-refractivity contribution in [1.82, 2.24) is 9.55 Å². The van der Waals surface area contributed by atoms with E-state index in [9.17, 15) is 13.2 Å². The van der Waals surface area contributed by atoms with Crippen LogP contribution in [-0.4, -0.2) is 21.8 Å². The minimum Gasteiger partial charge on any atom is -0.328 e. The lowest BCUT2D eigenvalue weighted by Gasteiger charge is -2.14. The van der Waals surface area contributed by atoms with Gasteiger partial charge in [-0.15, -0.1) is 0 Å². The number of aryl methyl sites for hydroxylation is 1. The van der Waals surface area contributed by atoms with Gasteiger partial charge in [-0.05, 0) is 25.0 Å². The van der Waals surface area contributed by atoms with Gasteiger partial charge in [0.2, 0.25) is 0 Å². The molecule has 2 aromatic rings. The molecular formula is C15H20F3N3. The van der Waals surface area contributed by atoms with Gasteiger partial charge in [-0.25, -0.2) is 4.98 Å². The zero-order chi connectivity index (χ0) is 15.5. The number of rotatable bonds is 6. The molecular weight excluding hydrogens is 279 g/mol. The van der Waals surface area contributed by atoms with Crippen molar-refractivity contribution >= 4 is 11.0 Å². The van der Waals surface area contributed by atoms with Gasteiger partial charge in [-0.2, -0.15) is 13.2 Å². The minimum atomic E-state index is -4.15. The first-order valence-electron chi connectivity index (χ1n) is 7.17. The van der Waals surface area contributed by atoms with E-state index in [1.165, 1.54) is 0 Å². The molecule has 0 aliphatic heterocycles. The van der Waals surface area contributed by atoms with Crippen molar-refractivity contribution in [2.24, 2.45) is 5.73 Å². The summed E-state index contributed by atoms with van der Waals surface area (Å²) in [5, 5.41) is 0. The van der Waals surface area contributed by atoms with Crippen LogP contribution in [0.2, 0.25) is 0 Å². The van der Waals surface area contributed by atoms with E-state index in [1.54, 1.807) is 0 Å². The van der Waals surface area contributed by atoms with E-state index in [2.05, 4.69) is 16.5 Å². The van der Waals surface area contributed by atoms with Crippen molar-refractivity contribution in [2.75, 3.05) is 0 Å². The summed E-state index contributed by atoms with van der Waals surface area (Å²) in [6.45, 7) is 2.85. The zero-order valence-corrected chi connectivity index (χ0v) is 12.0. The molecule has 0 aliphatic carbocycles. The topological polar surface area (TPSA) is 43.8 Å². The van der Waals surface area contributed by atoms with Crippen molar-refractivity contribution in [1.29, 1.82) is 0 Å². The standard InChI is InChI=1S/C15H20F3N3/c1-2-9-21-13-6-4-3-5-12(13)20-14(21)10-11(19)7-8-15(16,17)18/h3-6,11H,2,7-10,19H2,1H3. The minimum absolute atomic E-state index is 0.0706. The SMILES string of the molecule is CCCn1c(CC(N)CCC(F)(F)F)nc2ccccc21. The fraction of sp³-hybridized carbons (Fsp3) is 0.533. The number of halogens is 3. The van der Waals surface area contributed by atoms with Gasteiger partial charge in [0.05, 0.1) is 11.0 Å². The van der Waals surface area contributed by atoms with Crippen molar-refractivity contribution in [2.45, 2.75) is 51.4 Å². The summed E-state index contributed by atoms with van der Waals surface area (Å²) in [4.78, 5) is 4.52. The lowest BCUT2D eigenvalue weighted by molar-refractivity contribution is -0.136. The second-order valence-corrected chi connectivity index (χ2v) is 5.29. The number of aromatic nitrogens is 2. The molecule has 2 N–H and O–H groups in total. The Morgan fingerprint density at radius 2 is 2.00 bits per heavy atom. The fourth-order valence-electron chi connectivity index (χ4n) is 2.44. The molecule has 1 aromatic heterocycles. The molecule has 0 saturated carbocycles. The Balaban J connectivity index is 2.15. The van der Waals surface area contributed by atoms with Crippen molar-refractivity contribution in [3.63, 3.8) is 0 Å². The molecule has 2 rings (SSSR count). The van der Waals surface area contributed by atoms with Crippen LogP contribution in [0.1, 0.15) is 32.0 Å². The second-order valence-electron chi connectivity index (χ2n) is 5.29. The highest BCUT2D eigenvalue weighted by atomic mass is 19.4. The quantitative estimate of drug-likeness (QED) is 0.884. The van der Waals surface area contributed by atoms with Crippen LogP contribution in [-0.2, 0) is 13.0 Å². The first-order valence-corrected chi connectivity index (χ1v) is 7.17. The first-order chi connectivity index (χ1) is 9.90. The Bertz CT molecular complexity index is 589. The summed E-state index contributed by atoms with van der Waals surface area (Å²) in [5.74, 6) is 0.771. The summed E-state index contributed by atoms with van der Waals surface area (Å²) in [7, 11) is 0. The maximum absolute atomic E-state index is 12.2. The van der Waals surface area contributed by atoms with Gasteiger partial charge in [0, 0.05) is 25.4 Å². The summed E-state index contributed by atoms with van der Waals surface area (Å²) in [6.07, 6.45) is -3.77. The fourth-order valence-corrected chi connectivity index (χ4v) is 2.44. The van der Waals surface area contributed by atoms with E-state index < -0.39 is 18.6 Å². The third-order valence-corrected chi connectivity index (χ3v) is 3.42. The van der Waals surface area contributed by atoms with Crippen LogP contribution < -0.4 is 5.73 Å². The van der Waals surface area contributed by atoms with Crippen LogP contribution in [0.5, 0.6) is 0 Å². The highest BCUT2D eigenvalue weighted by molar-refractivity contribution is 5.75. The van der Waals surface area contributed by atoms with E-state index in [-0.39, 0.29) is 6.42 Å². The summed E-state index contributed by atoms with van der Waals surface area (Å²) < 4.78 is 38.8. The van der Waals surface area contributed by atoms with Crippen molar-refractivity contribution in [3.8, 4) is 0 Å². The monoisotopic (exact) mass is 299 g/mol. The largest absolute Gasteiger partial charge is 0.389 e. The third kappa shape index (κ3) is 4.20. The molecule has 0 fully saturated rings. The van der Waals surface area contributed by atoms with Gasteiger partial charge in [-0.1, -0.05) is 19.1 Å². The molecule has 6 heteroatoms. The number of benzene rings is 1. The van der Waals surface area contributed by atoms with Crippen molar-refractivity contribution in [3.05, 3.63) is 30.1 Å². The van der Waals surface area contributed by atoms with Crippen LogP contribution >= 0.6 is 0 Å². The Kier molecular flexibility index (Phi) is 4.88. The summed E-state index contributed by atoms with van der Waals surface area (Å²) >= 11 is 0. The highest BCUT2D eigenvalue weighted by Crippen LogP contribution is 2.23. The Hall–Kier alpha value is -1.56. The molecule has 0 saturated heterocycles. The molecule has 0 bridgehead atoms. The normalized spacial score (nSPS) is 13.8. The third-order valence-electron chi connectivity index (χ3n) is 3.42. The highest BCUT2D eigenvalue weighted by Gasteiger charge is 2.28. The van der Waals surface area contributed by atoms with Crippen LogP contribution in [0, 0.1) is 0 Å². The van der Waals surface area contributed by atoms with Gasteiger partial charge in [0.15, 0.2) is 0 Å². The smallest absolute Gasteiger partial charge is 0.328 e. The molecule has 1 heterocycles. The van der Waals surface area contributed by atoms with E-state index in [1.807, 2.05) is 24.3 Å². The zero-order valence-electron chi connectivity index (χ0n) is 12.0. The molecule has 21 heavy (non-hydrogen) atoms. The molecule has 116 valence electrons. The summed E-state index contributed by atoms with van der Waals surface area (Å²) in [6, 6.07) is 7.19. The first kappa shape index (κ1) is 15.8. The number of para-hydroxylation sites is 2. The number of fused-ring (bicyclic) bond motifs is 1. The molecule has 3 nitrogen and oxygen atoms in total. The van der Waals surface area contributed by atoms with Crippen LogP contribution in [0.4, 0.5) is 13.2 Å². The molecule has 0 amide bonds. The van der Waals surface area contributed by atoms with Gasteiger partial charge >= 0.3 is 6.18 Å². The van der Waals surface area contributed by atoms with E-state index >= 15 is 0 Å². The van der Waals surface area contributed by atoms with Gasteiger partial charge in [0.1, 0.15) is 5.82 Å². The molecule has 0 aliphatic rings. The Labute approximate surface area is 122 Å². The van der Waals surface area contributed by atoms with E-state index in [0.717, 1.165) is 29.8 Å².